The fourth-order valence-corrected chi connectivity index (χ4v) is 3.03. The van der Waals surface area contributed by atoms with Gasteiger partial charge in [-0.05, 0) is 19.1 Å². The molecule has 0 aliphatic heterocycles. The van der Waals surface area contributed by atoms with Gasteiger partial charge >= 0.3 is 0 Å². The van der Waals surface area contributed by atoms with E-state index in [1.54, 1.807) is 0 Å². The van der Waals surface area contributed by atoms with Crippen LogP contribution >= 0.6 is 9.24 Å². The van der Waals surface area contributed by atoms with Crippen LogP contribution in [0.25, 0.3) is 0 Å². The minimum Gasteiger partial charge on any atom is -0.368 e. The lowest BCUT2D eigenvalue weighted by Gasteiger charge is -2.17. The summed E-state index contributed by atoms with van der Waals surface area (Å²) >= 11 is 0. The summed E-state index contributed by atoms with van der Waals surface area (Å²) < 4.78 is 38.5. The SMILES string of the molecule is C[C@H](Nc1nc(N)nc(S(C)=O)c1C#N)C(=O)Nc1cccc(C(F)(F)P)c1. The first-order chi connectivity index (χ1) is 13.0. The van der Waals surface area contributed by atoms with Crippen molar-refractivity contribution in [3.63, 3.8) is 0 Å². The molecule has 3 atom stereocenters. The number of anilines is 3. The van der Waals surface area contributed by atoms with Crippen LogP contribution in [-0.4, -0.2) is 32.4 Å². The first-order valence-electron chi connectivity index (χ1n) is 7.78. The van der Waals surface area contributed by atoms with Crippen LogP contribution < -0.4 is 16.4 Å². The third kappa shape index (κ3) is 5.18. The monoisotopic (exact) mass is 426 g/mol. The van der Waals surface area contributed by atoms with Gasteiger partial charge in [-0.25, -0.2) is 4.98 Å². The zero-order chi connectivity index (χ0) is 21.1. The number of hydrogen-bond donors (Lipinski definition) is 3. The van der Waals surface area contributed by atoms with E-state index in [2.05, 4.69) is 20.6 Å². The fourth-order valence-electron chi connectivity index (χ4n) is 2.20. The first kappa shape index (κ1) is 21.6. The lowest BCUT2D eigenvalue weighted by molar-refractivity contribution is -0.116. The topological polar surface area (TPSA) is 134 Å². The molecule has 1 amide bonds. The Labute approximate surface area is 164 Å². The molecule has 8 nitrogen and oxygen atoms in total. The maximum atomic E-state index is 13.4. The van der Waals surface area contributed by atoms with E-state index in [4.69, 9.17) is 5.73 Å². The molecule has 0 aliphatic rings. The van der Waals surface area contributed by atoms with Crippen LogP contribution in [0.2, 0.25) is 0 Å². The van der Waals surface area contributed by atoms with E-state index in [0.717, 1.165) is 6.07 Å². The largest absolute Gasteiger partial charge is 0.368 e. The number of carbonyl (C=O) groups is 1. The predicted molar refractivity (Wildman–Crippen MR) is 105 cm³/mol. The second kappa shape index (κ2) is 8.54. The highest BCUT2D eigenvalue weighted by molar-refractivity contribution is 7.84. The van der Waals surface area contributed by atoms with Gasteiger partial charge in [0, 0.05) is 17.5 Å². The Morgan fingerprint density at radius 2 is 2.11 bits per heavy atom. The van der Waals surface area contributed by atoms with E-state index in [9.17, 15) is 23.0 Å². The van der Waals surface area contributed by atoms with E-state index in [0.29, 0.717) is 0 Å². The minimum absolute atomic E-state index is 0.0481. The van der Waals surface area contributed by atoms with E-state index in [1.807, 2.05) is 6.07 Å². The summed E-state index contributed by atoms with van der Waals surface area (Å²) in [6.07, 6.45) is 1.33. The standard InChI is InChI=1S/C16H17F2N6O2PS/c1-8(13(25)22-10-5-3-4-9(6-10)16(17,18)27)21-12-11(7-19)14(28(2)26)24-15(20)23-12/h3-6,8H,27H2,1-2H3,(H,22,25)(H3,20,21,23,24)/t8-,28?/m0/s1. The summed E-state index contributed by atoms with van der Waals surface area (Å²) in [4.78, 5) is 20.1. The number of hydrogen-bond acceptors (Lipinski definition) is 7. The number of alkyl halides is 2. The Hall–Kier alpha value is -2.70. The van der Waals surface area contributed by atoms with Crippen LogP contribution in [0.15, 0.2) is 29.3 Å². The van der Waals surface area contributed by atoms with Gasteiger partial charge in [0.05, 0.1) is 10.8 Å². The lowest BCUT2D eigenvalue weighted by atomic mass is 10.2. The van der Waals surface area contributed by atoms with E-state index in [1.165, 1.54) is 40.6 Å². The number of amides is 1. The van der Waals surface area contributed by atoms with Crippen LogP contribution in [0.1, 0.15) is 18.1 Å². The number of nitrogens with one attached hydrogen (secondary N) is 2. The Balaban J connectivity index is 2.22. The number of rotatable bonds is 6. The van der Waals surface area contributed by atoms with Crippen molar-refractivity contribution in [2.24, 2.45) is 0 Å². The first-order valence-corrected chi connectivity index (χ1v) is 9.92. The van der Waals surface area contributed by atoms with Crippen LogP contribution in [0.3, 0.4) is 0 Å². The highest BCUT2D eigenvalue weighted by atomic mass is 32.2. The van der Waals surface area contributed by atoms with Crippen molar-refractivity contribution in [2.45, 2.75) is 23.7 Å². The zero-order valence-corrected chi connectivity index (χ0v) is 16.8. The van der Waals surface area contributed by atoms with Gasteiger partial charge in [0.25, 0.3) is 5.66 Å². The molecule has 1 heterocycles. The van der Waals surface area contributed by atoms with E-state index < -0.39 is 28.4 Å². The molecular formula is C16H17F2N6O2PS. The molecule has 2 aromatic rings. The average Bonchev–Trinajstić information content (AvgIpc) is 2.60. The molecule has 12 heteroatoms. The van der Waals surface area contributed by atoms with Gasteiger partial charge in [-0.2, -0.15) is 19.0 Å². The Morgan fingerprint density at radius 1 is 1.43 bits per heavy atom. The molecule has 0 fully saturated rings. The number of benzene rings is 1. The molecule has 0 bridgehead atoms. The maximum absolute atomic E-state index is 13.4. The maximum Gasteiger partial charge on any atom is 0.283 e. The van der Waals surface area contributed by atoms with Gasteiger partial charge in [0.15, 0.2) is 10.8 Å². The van der Waals surface area contributed by atoms with Crippen molar-refractivity contribution >= 4 is 43.4 Å². The zero-order valence-electron chi connectivity index (χ0n) is 14.9. The number of carbonyl (C=O) groups excluding carboxylic acids is 1. The second-order valence-electron chi connectivity index (χ2n) is 5.74. The van der Waals surface area contributed by atoms with Crippen LogP contribution in [0.4, 0.5) is 26.2 Å². The van der Waals surface area contributed by atoms with Gasteiger partial charge < -0.3 is 16.4 Å². The molecule has 2 unspecified atom stereocenters. The quantitative estimate of drug-likeness (QED) is 0.475. The highest BCUT2D eigenvalue weighted by Gasteiger charge is 2.25. The number of halogens is 2. The fraction of sp³-hybridized carbons (Fsp3) is 0.250. The molecule has 0 aliphatic carbocycles. The number of nitrogens with two attached hydrogens (primary N) is 1. The number of nitrogen functional groups attached to an aromatic ring is 1. The molecule has 1 aromatic carbocycles. The summed E-state index contributed by atoms with van der Waals surface area (Å²) in [7, 11) is -0.169. The smallest absolute Gasteiger partial charge is 0.283 e. The summed E-state index contributed by atoms with van der Waals surface area (Å²) in [6, 6.07) is 6.16. The van der Waals surface area contributed by atoms with Gasteiger partial charge in [-0.15, -0.1) is 0 Å². The average molecular weight is 426 g/mol. The molecular weight excluding hydrogens is 409 g/mol. The number of nitriles is 1. The van der Waals surface area contributed by atoms with E-state index in [-0.39, 0.29) is 33.6 Å². The Morgan fingerprint density at radius 3 is 2.68 bits per heavy atom. The van der Waals surface area contributed by atoms with E-state index >= 15 is 0 Å². The molecule has 148 valence electrons. The number of nitrogens with zero attached hydrogens (tertiary/aromatic N) is 3. The summed E-state index contributed by atoms with van der Waals surface area (Å²) in [5, 5.41) is 14.5. The van der Waals surface area contributed by atoms with Crippen molar-refractivity contribution in [2.75, 3.05) is 22.6 Å². The van der Waals surface area contributed by atoms with Crippen molar-refractivity contribution in [1.82, 2.24) is 9.97 Å². The normalized spacial score (nSPS) is 13.3. The van der Waals surface area contributed by atoms with Crippen molar-refractivity contribution < 1.29 is 17.8 Å². The van der Waals surface area contributed by atoms with Crippen LogP contribution in [-0.2, 0) is 21.3 Å². The molecule has 0 saturated carbocycles. The Kier molecular flexibility index (Phi) is 6.59. The molecule has 0 spiro atoms. The summed E-state index contributed by atoms with van der Waals surface area (Å²) in [6.45, 7) is 1.48. The molecule has 4 N–H and O–H groups in total. The summed E-state index contributed by atoms with van der Waals surface area (Å²) in [5.41, 5.74) is 2.25. The van der Waals surface area contributed by atoms with Gasteiger partial charge in [0.1, 0.15) is 17.7 Å². The molecule has 1 aromatic heterocycles. The van der Waals surface area contributed by atoms with Crippen molar-refractivity contribution in [1.29, 1.82) is 5.26 Å². The molecule has 2 rings (SSSR count). The third-order valence-electron chi connectivity index (χ3n) is 3.54. The predicted octanol–water partition coefficient (Wildman–Crippen LogP) is 2.03. The van der Waals surface area contributed by atoms with Gasteiger partial charge in [-0.3, -0.25) is 9.00 Å². The highest BCUT2D eigenvalue weighted by Crippen LogP contribution is 2.35. The van der Waals surface area contributed by atoms with Crippen LogP contribution in [0.5, 0.6) is 0 Å². The van der Waals surface area contributed by atoms with Crippen molar-refractivity contribution in [3.05, 3.63) is 35.4 Å². The second-order valence-corrected chi connectivity index (χ2v) is 7.76. The van der Waals surface area contributed by atoms with Gasteiger partial charge in [0.2, 0.25) is 11.9 Å². The summed E-state index contributed by atoms with van der Waals surface area (Å²) in [5.74, 6) is -0.827. The molecule has 0 saturated heterocycles. The van der Waals surface area contributed by atoms with Crippen molar-refractivity contribution in [3.8, 4) is 6.07 Å². The Bertz CT molecular complexity index is 977. The lowest BCUT2D eigenvalue weighted by Crippen LogP contribution is -2.33. The minimum atomic E-state index is -3.13. The third-order valence-corrected chi connectivity index (χ3v) is 4.71. The van der Waals surface area contributed by atoms with Gasteiger partial charge in [-0.1, -0.05) is 21.4 Å². The molecule has 0 radical (unpaired) electrons. The van der Waals surface area contributed by atoms with Crippen LogP contribution in [0, 0.1) is 11.3 Å². The molecule has 28 heavy (non-hydrogen) atoms. The number of aromatic nitrogens is 2.